The molecule has 3 rings (SSSR count). The Morgan fingerprint density at radius 3 is 2.65 bits per heavy atom. The molecule has 0 aliphatic heterocycles. The van der Waals surface area contributed by atoms with E-state index in [1.165, 1.54) is 29.5 Å². The van der Waals surface area contributed by atoms with E-state index in [9.17, 15) is 0 Å². The van der Waals surface area contributed by atoms with Crippen LogP contribution in [0.2, 0.25) is 0 Å². The SMILES string of the molecule is Cc1cc2ncn(C(C)C(C)CNC3CC3)c2cc1C. The van der Waals surface area contributed by atoms with Crippen LogP contribution in [0.4, 0.5) is 0 Å². The Hall–Kier alpha value is -1.35. The van der Waals surface area contributed by atoms with Gasteiger partial charge in [-0.3, -0.25) is 0 Å². The summed E-state index contributed by atoms with van der Waals surface area (Å²) in [5, 5.41) is 3.63. The van der Waals surface area contributed by atoms with Gasteiger partial charge in [-0.2, -0.15) is 0 Å². The van der Waals surface area contributed by atoms with E-state index in [1.54, 1.807) is 0 Å². The molecule has 1 aromatic carbocycles. The van der Waals surface area contributed by atoms with E-state index in [1.807, 2.05) is 6.33 Å². The summed E-state index contributed by atoms with van der Waals surface area (Å²) in [4.78, 5) is 4.57. The maximum atomic E-state index is 4.57. The minimum atomic E-state index is 0.466. The van der Waals surface area contributed by atoms with Crippen LogP contribution in [0.5, 0.6) is 0 Å². The maximum Gasteiger partial charge on any atom is 0.0960 e. The predicted molar refractivity (Wildman–Crippen MR) is 84.1 cm³/mol. The van der Waals surface area contributed by atoms with Crippen LogP contribution in [-0.4, -0.2) is 22.1 Å². The molecule has 0 amide bonds. The lowest BCUT2D eigenvalue weighted by Gasteiger charge is -2.22. The van der Waals surface area contributed by atoms with Crippen molar-refractivity contribution in [2.75, 3.05) is 6.54 Å². The molecule has 3 nitrogen and oxygen atoms in total. The molecular formula is C17H25N3. The molecule has 2 aromatic rings. The van der Waals surface area contributed by atoms with Crippen LogP contribution in [-0.2, 0) is 0 Å². The molecule has 2 atom stereocenters. The van der Waals surface area contributed by atoms with Crippen molar-refractivity contribution >= 4 is 11.0 Å². The summed E-state index contributed by atoms with van der Waals surface area (Å²) in [6.45, 7) is 10.0. The Morgan fingerprint density at radius 2 is 1.95 bits per heavy atom. The molecule has 1 aliphatic carbocycles. The van der Waals surface area contributed by atoms with Gasteiger partial charge >= 0.3 is 0 Å². The summed E-state index contributed by atoms with van der Waals surface area (Å²) in [7, 11) is 0. The first-order chi connectivity index (χ1) is 9.56. The molecule has 0 bridgehead atoms. The highest BCUT2D eigenvalue weighted by atomic mass is 15.1. The molecule has 1 fully saturated rings. The van der Waals surface area contributed by atoms with Crippen LogP contribution >= 0.6 is 0 Å². The van der Waals surface area contributed by atoms with Gasteiger partial charge in [-0.25, -0.2) is 4.98 Å². The second-order valence-corrected chi connectivity index (χ2v) is 6.48. The molecule has 20 heavy (non-hydrogen) atoms. The Kier molecular flexibility index (Phi) is 3.55. The number of nitrogens with zero attached hydrogens (tertiary/aromatic N) is 2. The fraction of sp³-hybridized carbons (Fsp3) is 0.588. The predicted octanol–water partition coefficient (Wildman–Crippen LogP) is 3.60. The number of aryl methyl sites for hydroxylation is 2. The molecule has 108 valence electrons. The van der Waals surface area contributed by atoms with Crippen LogP contribution < -0.4 is 5.32 Å². The van der Waals surface area contributed by atoms with Gasteiger partial charge in [-0.1, -0.05) is 6.92 Å². The van der Waals surface area contributed by atoms with Crippen molar-refractivity contribution in [1.82, 2.24) is 14.9 Å². The normalized spacial score (nSPS) is 18.4. The molecule has 2 unspecified atom stereocenters. The zero-order valence-corrected chi connectivity index (χ0v) is 13.0. The fourth-order valence-electron chi connectivity index (χ4n) is 2.69. The summed E-state index contributed by atoms with van der Waals surface area (Å²) < 4.78 is 2.33. The highest BCUT2D eigenvalue weighted by molar-refractivity contribution is 5.77. The van der Waals surface area contributed by atoms with E-state index in [0.717, 1.165) is 18.1 Å². The first-order valence-corrected chi connectivity index (χ1v) is 7.73. The molecule has 1 saturated carbocycles. The van der Waals surface area contributed by atoms with E-state index in [0.29, 0.717) is 12.0 Å². The smallest absolute Gasteiger partial charge is 0.0960 e. The fourth-order valence-corrected chi connectivity index (χ4v) is 2.69. The summed E-state index contributed by atoms with van der Waals surface area (Å²) in [5.74, 6) is 0.606. The maximum absolute atomic E-state index is 4.57. The number of imidazole rings is 1. The summed E-state index contributed by atoms with van der Waals surface area (Å²) in [6, 6.07) is 5.72. The zero-order chi connectivity index (χ0) is 14.3. The van der Waals surface area contributed by atoms with E-state index in [2.05, 4.69) is 54.7 Å². The second-order valence-electron chi connectivity index (χ2n) is 6.48. The van der Waals surface area contributed by atoms with Crippen LogP contribution in [0.25, 0.3) is 11.0 Å². The first-order valence-electron chi connectivity index (χ1n) is 7.73. The average molecular weight is 271 g/mol. The molecule has 0 radical (unpaired) electrons. The van der Waals surface area contributed by atoms with Crippen molar-refractivity contribution in [2.45, 2.75) is 52.6 Å². The van der Waals surface area contributed by atoms with Gasteiger partial charge in [-0.05, 0) is 69.3 Å². The quantitative estimate of drug-likeness (QED) is 0.900. The van der Waals surface area contributed by atoms with Crippen molar-refractivity contribution < 1.29 is 0 Å². The topological polar surface area (TPSA) is 29.9 Å². The van der Waals surface area contributed by atoms with Crippen LogP contribution in [0.15, 0.2) is 18.5 Å². The Balaban J connectivity index is 1.82. The highest BCUT2D eigenvalue weighted by Gasteiger charge is 2.23. The van der Waals surface area contributed by atoms with Gasteiger partial charge < -0.3 is 9.88 Å². The van der Waals surface area contributed by atoms with E-state index in [-0.39, 0.29) is 0 Å². The number of aromatic nitrogens is 2. The van der Waals surface area contributed by atoms with E-state index in [4.69, 9.17) is 0 Å². The van der Waals surface area contributed by atoms with Gasteiger partial charge in [0, 0.05) is 12.1 Å². The van der Waals surface area contributed by atoms with Gasteiger partial charge in [0.2, 0.25) is 0 Å². The van der Waals surface area contributed by atoms with Gasteiger partial charge in [0.1, 0.15) is 0 Å². The average Bonchev–Trinajstić information content (AvgIpc) is 3.17. The third kappa shape index (κ3) is 2.59. The molecule has 0 spiro atoms. The molecule has 3 heteroatoms. The van der Waals surface area contributed by atoms with E-state index < -0.39 is 0 Å². The monoisotopic (exact) mass is 271 g/mol. The number of benzene rings is 1. The number of fused-ring (bicyclic) bond motifs is 1. The second kappa shape index (κ2) is 5.21. The lowest BCUT2D eigenvalue weighted by molar-refractivity contribution is 0.366. The lowest BCUT2D eigenvalue weighted by atomic mass is 10.0. The van der Waals surface area contributed by atoms with E-state index >= 15 is 0 Å². The Morgan fingerprint density at radius 1 is 1.25 bits per heavy atom. The summed E-state index contributed by atoms with van der Waals surface area (Å²) >= 11 is 0. The largest absolute Gasteiger partial charge is 0.327 e. The molecular weight excluding hydrogens is 246 g/mol. The third-order valence-corrected chi connectivity index (χ3v) is 4.76. The van der Waals surface area contributed by atoms with Crippen molar-refractivity contribution in [3.63, 3.8) is 0 Å². The van der Waals surface area contributed by atoms with Gasteiger partial charge in [0.05, 0.1) is 17.4 Å². The Labute approximate surface area is 121 Å². The number of hydrogen-bond acceptors (Lipinski definition) is 2. The summed E-state index contributed by atoms with van der Waals surface area (Å²) in [5.41, 5.74) is 5.04. The minimum Gasteiger partial charge on any atom is -0.327 e. The number of nitrogens with one attached hydrogen (secondary N) is 1. The number of rotatable bonds is 5. The third-order valence-electron chi connectivity index (χ3n) is 4.76. The minimum absolute atomic E-state index is 0.466. The lowest BCUT2D eigenvalue weighted by Crippen LogP contribution is -2.28. The van der Waals surface area contributed by atoms with Crippen LogP contribution in [0.3, 0.4) is 0 Å². The van der Waals surface area contributed by atoms with Gasteiger partial charge in [-0.15, -0.1) is 0 Å². The molecule has 1 aliphatic rings. The summed E-state index contributed by atoms with van der Waals surface area (Å²) in [6.07, 6.45) is 4.71. The van der Waals surface area contributed by atoms with Crippen LogP contribution in [0, 0.1) is 19.8 Å². The zero-order valence-electron chi connectivity index (χ0n) is 13.0. The van der Waals surface area contributed by atoms with Crippen molar-refractivity contribution in [3.05, 3.63) is 29.6 Å². The van der Waals surface area contributed by atoms with Crippen LogP contribution in [0.1, 0.15) is 43.9 Å². The highest BCUT2D eigenvalue weighted by Crippen LogP contribution is 2.26. The molecule has 1 aromatic heterocycles. The first kappa shape index (κ1) is 13.6. The number of hydrogen-bond donors (Lipinski definition) is 1. The van der Waals surface area contributed by atoms with Gasteiger partial charge in [0.25, 0.3) is 0 Å². The molecule has 0 saturated heterocycles. The molecule has 1 heterocycles. The van der Waals surface area contributed by atoms with Crippen molar-refractivity contribution in [1.29, 1.82) is 0 Å². The van der Waals surface area contributed by atoms with Gasteiger partial charge in [0.15, 0.2) is 0 Å². The Bertz CT molecular complexity index is 610. The van der Waals surface area contributed by atoms with Crippen molar-refractivity contribution in [3.8, 4) is 0 Å². The molecule has 1 N–H and O–H groups in total. The standard InChI is InChI=1S/C17H25N3/c1-11-7-16-17(8-12(11)2)20(10-19-16)14(4)13(3)9-18-15-5-6-15/h7-8,10,13-15,18H,5-6,9H2,1-4H3. The van der Waals surface area contributed by atoms with Crippen molar-refractivity contribution in [2.24, 2.45) is 5.92 Å².